The lowest BCUT2D eigenvalue weighted by Gasteiger charge is -2.10. The van der Waals surface area contributed by atoms with Gasteiger partial charge in [-0.25, -0.2) is 0 Å². The standard InChI is InChI=1S/C17H15BrO2/c18-9-3-6-15-14-5-2-1-4-12(14)11-20-17-8-7-13(19)10-16(15)17/h1-2,4-8,10,19H,3,9,11H2/b15-6+. The van der Waals surface area contributed by atoms with Gasteiger partial charge in [-0.1, -0.05) is 46.3 Å². The molecule has 2 aromatic rings. The SMILES string of the molecule is Oc1ccc2c(c1)/C(=C/CCBr)c1ccccc1CO2. The molecule has 1 aliphatic rings. The van der Waals surface area contributed by atoms with Crippen LogP contribution in [0.2, 0.25) is 0 Å². The predicted molar refractivity (Wildman–Crippen MR) is 84.4 cm³/mol. The zero-order valence-electron chi connectivity index (χ0n) is 11.0. The van der Waals surface area contributed by atoms with Crippen LogP contribution in [0.1, 0.15) is 23.1 Å². The second-order valence-electron chi connectivity index (χ2n) is 4.72. The van der Waals surface area contributed by atoms with E-state index in [0.29, 0.717) is 6.61 Å². The number of phenolic OH excluding ortho intramolecular Hbond substituents is 1. The molecule has 0 unspecified atom stereocenters. The van der Waals surface area contributed by atoms with E-state index >= 15 is 0 Å². The average Bonchev–Trinajstić information content (AvgIpc) is 2.62. The van der Waals surface area contributed by atoms with Gasteiger partial charge >= 0.3 is 0 Å². The van der Waals surface area contributed by atoms with E-state index in [-0.39, 0.29) is 5.75 Å². The molecule has 0 fully saturated rings. The normalized spacial score (nSPS) is 15.2. The van der Waals surface area contributed by atoms with Gasteiger partial charge < -0.3 is 9.84 Å². The molecule has 3 rings (SSSR count). The lowest BCUT2D eigenvalue weighted by Crippen LogP contribution is -1.94. The summed E-state index contributed by atoms with van der Waals surface area (Å²) in [4.78, 5) is 0. The van der Waals surface area contributed by atoms with Gasteiger partial charge in [-0.2, -0.15) is 0 Å². The van der Waals surface area contributed by atoms with Gasteiger partial charge in [-0.15, -0.1) is 0 Å². The third-order valence-corrected chi connectivity index (χ3v) is 3.86. The second kappa shape index (κ2) is 5.71. The van der Waals surface area contributed by atoms with E-state index in [9.17, 15) is 5.11 Å². The Balaban J connectivity index is 2.21. The molecule has 1 heterocycles. The van der Waals surface area contributed by atoms with Crippen molar-refractivity contribution in [2.75, 3.05) is 5.33 Å². The van der Waals surface area contributed by atoms with E-state index in [0.717, 1.165) is 28.6 Å². The number of hydrogen-bond acceptors (Lipinski definition) is 2. The van der Waals surface area contributed by atoms with Crippen LogP contribution in [0.3, 0.4) is 0 Å². The van der Waals surface area contributed by atoms with Gasteiger partial charge in [0, 0.05) is 10.9 Å². The minimum atomic E-state index is 0.261. The van der Waals surface area contributed by atoms with E-state index < -0.39 is 0 Å². The van der Waals surface area contributed by atoms with Crippen molar-refractivity contribution in [1.82, 2.24) is 0 Å². The highest BCUT2D eigenvalue weighted by atomic mass is 79.9. The average molecular weight is 331 g/mol. The number of benzene rings is 2. The van der Waals surface area contributed by atoms with Crippen LogP contribution in [-0.4, -0.2) is 10.4 Å². The zero-order chi connectivity index (χ0) is 13.9. The molecule has 0 saturated carbocycles. The van der Waals surface area contributed by atoms with Crippen LogP contribution in [0.4, 0.5) is 0 Å². The molecule has 0 saturated heterocycles. The first kappa shape index (κ1) is 13.3. The van der Waals surface area contributed by atoms with Crippen LogP contribution in [0.15, 0.2) is 48.5 Å². The predicted octanol–water partition coefficient (Wildman–Crippen LogP) is 4.50. The third-order valence-electron chi connectivity index (χ3n) is 3.40. The summed E-state index contributed by atoms with van der Waals surface area (Å²) >= 11 is 3.46. The van der Waals surface area contributed by atoms with Crippen LogP contribution in [-0.2, 0) is 6.61 Å². The van der Waals surface area contributed by atoms with E-state index in [4.69, 9.17) is 4.74 Å². The van der Waals surface area contributed by atoms with E-state index in [1.807, 2.05) is 18.2 Å². The maximum Gasteiger partial charge on any atom is 0.127 e. The molecule has 3 heteroatoms. The van der Waals surface area contributed by atoms with Gasteiger partial charge in [0.2, 0.25) is 0 Å². The first-order valence-electron chi connectivity index (χ1n) is 6.60. The molecular formula is C17H15BrO2. The molecule has 0 aromatic heterocycles. The molecule has 0 spiro atoms. The van der Waals surface area contributed by atoms with Gasteiger partial charge in [-0.3, -0.25) is 0 Å². The van der Waals surface area contributed by atoms with Crippen molar-refractivity contribution in [2.24, 2.45) is 0 Å². The maximum absolute atomic E-state index is 9.78. The van der Waals surface area contributed by atoms with E-state index in [1.165, 1.54) is 11.1 Å². The number of alkyl halides is 1. The van der Waals surface area contributed by atoms with Gasteiger partial charge in [0.1, 0.15) is 18.1 Å². The summed E-state index contributed by atoms with van der Waals surface area (Å²) in [6, 6.07) is 13.5. The minimum Gasteiger partial charge on any atom is -0.508 e. The molecule has 0 aliphatic carbocycles. The lowest BCUT2D eigenvalue weighted by molar-refractivity contribution is 0.306. The Kier molecular flexibility index (Phi) is 3.79. The van der Waals surface area contributed by atoms with Crippen molar-refractivity contribution in [3.05, 3.63) is 65.2 Å². The molecule has 1 N–H and O–H groups in total. The summed E-state index contributed by atoms with van der Waals surface area (Å²) in [7, 11) is 0. The Hall–Kier alpha value is -1.74. The molecule has 20 heavy (non-hydrogen) atoms. The molecule has 0 amide bonds. The van der Waals surface area contributed by atoms with Gasteiger partial charge in [0.15, 0.2) is 0 Å². The Morgan fingerprint density at radius 3 is 2.85 bits per heavy atom. The molecule has 0 atom stereocenters. The van der Waals surface area contributed by atoms with Crippen molar-refractivity contribution < 1.29 is 9.84 Å². The summed E-state index contributed by atoms with van der Waals surface area (Å²) in [6.45, 7) is 0.555. The number of fused-ring (bicyclic) bond motifs is 2. The molecule has 0 bridgehead atoms. The molecule has 2 nitrogen and oxygen atoms in total. The monoisotopic (exact) mass is 330 g/mol. The Morgan fingerprint density at radius 2 is 2.00 bits per heavy atom. The maximum atomic E-state index is 9.78. The first-order valence-corrected chi connectivity index (χ1v) is 7.72. The van der Waals surface area contributed by atoms with Crippen LogP contribution in [0.25, 0.3) is 5.57 Å². The summed E-state index contributed by atoms with van der Waals surface area (Å²) < 4.78 is 5.88. The smallest absolute Gasteiger partial charge is 0.127 e. The Morgan fingerprint density at radius 1 is 1.15 bits per heavy atom. The number of hydrogen-bond donors (Lipinski definition) is 1. The van der Waals surface area contributed by atoms with Crippen LogP contribution >= 0.6 is 15.9 Å². The van der Waals surface area contributed by atoms with Crippen molar-refractivity contribution in [3.8, 4) is 11.5 Å². The summed E-state index contributed by atoms with van der Waals surface area (Å²) in [5.74, 6) is 1.08. The molecule has 102 valence electrons. The minimum absolute atomic E-state index is 0.261. The summed E-state index contributed by atoms with van der Waals surface area (Å²) in [6.07, 6.45) is 3.12. The number of phenols is 1. The van der Waals surface area contributed by atoms with Crippen LogP contribution in [0, 0.1) is 0 Å². The number of halogens is 1. The fraction of sp³-hybridized carbons (Fsp3) is 0.176. The number of aromatic hydroxyl groups is 1. The molecule has 0 radical (unpaired) electrons. The quantitative estimate of drug-likeness (QED) is 0.821. The first-order chi connectivity index (χ1) is 9.79. The number of rotatable bonds is 2. The third kappa shape index (κ3) is 2.46. The van der Waals surface area contributed by atoms with Gasteiger partial charge in [-0.05, 0) is 41.3 Å². The highest BCUT2D eigenvalue weighted by molar-refractivity contribution is 9.09. The Bertz CT molecular complexity index is 662. The summed E-state index contributed by atoms with van der Waals surface area (Å²) in [5.41, 5.74) is 4.43. The number of ether oxygens (including phenoxy) is 1. The highest BCUT2D eigenvalue weighted by Crippen LogP contribution is 2.38. The second-order valence-corrected chi connectivity index (χ2v) is 5.51. The molecular weight excluding hydrogens is 316 g/mol. The van der Waals surface area contributed by atoms with Crippen molar-refractivity contribution >= 4 is 21.5 Å². The lowest BCUT2D eigenvalue weighted by atomic mass is 9.93. The van der Waals surface area contributed by atoms with E-state index in [2.05, 4.69) is 34.1 Å². The van der Waals surface area contributed by atoms with Crippen molar-refractivity contribution in [3.63, 3.8) is 0 Å². The van der Waals surface area contributed by atoms with Crippen LogP contribution in [0.5, 0.6) is 11.5 Å². The molecule has 1 aliphatic heterocycles. The highest BCUT2D eigenvalue weighted by Gasteiger charge is 2.18. The van der Waals surface area contributed by atoms with Gasteiger partial charge in [0.05, 0.1) is 0 Å². The fourth-order valence-electron chi connectivity index (χ4n) is 2.48. The van der Waals surface area contributed by atoms with Crippen molar-refractivity contribution in [2.45, 2.75) is 13.0 Å². The number of allylic oxidation sites excluding steroid dienone is 1. The largest absolute Gasteiger partial charge is 0.508 e. The van der Waals surface area contributed by atoms with Crippen molar-refractivity contribution in [1.29, 1.82) is 0 Å². The summed E-state index contributed by atoms with van der Waals surface area (Å²) in [5, 5.41) is 10.7. The topological polar surface area (TPSA) is 29.5 Å². The zero-order valence-corrected chi connectivity index (χ0v) is 12.6. The van der Waals surface area contributed by atoms with E-state index in [1.54, 1.807) is 12.1 Å². The fourth-order valence-corrected chi connectivity index (χ4v) is 2.71. The van der Waals surface area contributed by atoms with Crippen LogP contribution < -0.4 is 4.74 Å². The molecule has 2 aromatic carbocycles. The van der Waals surface area contributed by atoms with Gasteiger partial charge in [0.25, 0.3) is 0 Å². The Labute approximate surface area is 126 Å².